The van der Waals surface area contributed by atoms with Crippen LogP contribution in [-0.4, -0.2) is 37.4 Å². The molecule has 9 nitrogen and oxygen atoms in total. The maximum Gasteiger partial charge on any atom is 0.343 e. The van der Waals surface area contributed by atoms with Crippen molar-refractivity contribution in [3.05, 3.63) is 109 Å². The fourth-order valence-corrected chi connectivity index (χ4v) is 6.07. The summed E-state index contributed by atoms with van der Waals surface area (Å²) in [5.74, 6) is 1.10. The van der Waals surface area contributed by atoms with E-state index in [2.05, 4.69) is 20.1 Å². The van der Waals surface area contributed by atoms with Gasteiger partial charge in [-0.2, -0.15) is 0 Å². The van der Waals surface area contributed by atoms with Gasteiger partial charge in [0.1, 0.15) is 29.6 Å². The smallest absolute Gasteiger partial charge is 0.343 e. The molecule has 0 fully saturated rings. The second kappa shape index (κ2) is 29.2. The third-order valence-corrected chi connectivity index (χ3v) is 9.40. The van der Waals surface area contributed by atoms with Crippen molar-refractivity contribution in [2.75, 3.05) is 13.2 Å². The predicted molar refractivity (Wildman–Crippen MR) is 225 cm³/mol. The topological polar surface area (TPSA) is 107 Å². The van der Waals surface area contributed by atoms with Crippen molar-refractivity contribution >= 4 is 17.9 Å². The van der Waals surface area contributed by atoms with Gasteiger partial charge in [0.05, 0.1) is 18.8 Å². The highest BCUT2D eigenvalue weighted by Gasteiger charge is 2.16. The van der Waals surface area contributed by atoms with Crippen LogP contribution in [0.15, 0.2) is 98.1 Å². The Balaban J connectivity index is 1.29. The Morgan fingerprint density at radius 3 is 1.61 bits per heavy atom. The second-order valence-electron chi connectivity index (χ2n) is 14.2. The molecule has 3 aromatic rings. The lowest BCUT2D eigenvalue weighted by Gasteiger charge is -2.19. The number of benzene rings is 3. The average Bonchev–Trinajstić information content (AvgIpc) is 3.23. The van der Waals surface area contributed by atoms with Crippen molar-refractivity contribution in [2.24, 2.45) is 0 Å². The normalized spacial score (nSPS) is 11.2. The molecular formula is C48H64O9. The molecule has 0 amide bonds. The Hall–Kier alpha value is -5.05. The first kappa shape index (κ1) is 46.3. The minimum Gasteiger partial charge on any atom is -0.494 e. The van der Waals surface area contributed by atoms with Gasteiger partial charge in [0.15, 0.2) is 0 Å². The van der Waals surface area contributed by atoms with Crippen molar-refractivity contribution in [3.8, 4) is 23.0 Å². The number of rotatable bonds is 32. The third-order valence-electron chi connectivity index (χ3n) is 9.40. The van der Waals surface area contributed by atoms with E-state index in [4.69, 9.17) is 28.4 Å². The molecule has 0 aromatic heterocycles. The minimum atomic E-state index is -0.733. The van der Waals surface area contributed by atoms with E-state index in [0.29, 0.717) is 43.3 Å². The molecule has 1 unspecified atom stereocenters. The SMILES string of the molecule is C=CC(=O)OCCCCCCCCCCCOc1ccc(OCc2ccc(OC(=O)c3ccc(OC(CCCCCCCCCC)OC(=O)C=C)cc3)cc2)cc1. The van der Waals surface area contributed by atoms with Crippen LogP contribution in [0.25, 0.3) is 0 Å². The zero-order chi connectivity index (χ0) is 40.8. The van der Waals surface area contributed by atoms with Gasteiger partial charge in [-0.1, -0.05) is 122 Å². The standard InChI is InChI=1S/C48H64O9/c1-4-7-8-9-10-14-17-20-23-47(57-46(50)6-3)55-43-30-26-40(27-31-43)48(51)56-44-28-24-39(25-29-44)38-54-42-34-32-41(33-35-42)52-36-21-18-15-12-11-13-16-19-22-37-53-45(49)5-2/h5-6,24-35,47H,2-4,7-23,36-38H2,1H3. The van der Waals surface area contributed by atoms with E-state index in [-0.39, 0.29) is 5.97 Å². The number of carbonyl (C=O) groups is 3. The Morgan fingerprint density at radius 1 is 0.544 bits per heavy atom. The second-order valence-corrected chi connectivity index (χ2v) is 14.2. The summed E-state index contributed by atoms with van der Waals surface area (Å²) in [5, 5.41) is 0. The van der Waals surface area contributed by atoms with Crippen LogP contribution in [0.3, 0.4) is 0 Å². The van der Waals surface area contributed by atoms with Crippen molar-refractivity contribution in [3.63, 3.8) is 0 Å². The largest absolute Gasteiger partial charge is 0.494 e. The van der Waals surface area contributed by atoms with Crippen LogP contribution in [-0.2, 0) is 25.7 Å². The van der Waals surface area contributed by atoms with Gasteiger partial charge in [0, 0.05) is 18.6 Å². The fourth-order valence-electron chi connectivity index (χ4n) is 6.07. The lowest BCUT2D eigenvalue weighted by Crippen LogP contribution is -2.23. The Kier molecular flexibility index (Phi) is 23.8. The van der Waals surface area contributed by atoms with Gasteiger partial charge in [-0.25, -0.2) is 14.4 Å². The molecule has 0 bridgehead atoms. The van der Waals surface area contributed by atoms with Crippen LogP contribution >= 0.6 is 0 Å². The zero-order valence-electron chi connectivity index (χ0n) is 34.1. The summed E-state index contributed by atoms with van der Waals surface area (Å²) in [4.78, 5) is 35.8. The first-order valence-corrected chi connectivity index (χ1v) is 21.0. The Labute approximate surface area is 340 Å². The van der Waals surface area contributed by atoms with E-state index in [9.17, 15) is 14.4 Å². The molecule has 0 N–H and O–H groups in total. The van der Waals surface area contributed by atoms with Gasteiger partial charge < -0.3 is 28.4 Å². The van der Waals surface area contributed by atoms with E-state index >= 15 is 0 Å². The van der Waals surface area contributed by atoms with Crippen molar-refractivity contribution in [1.82, 2.24) is 0 Å². The Bertz CT molecular complexity index is 1560. The first-order valence-electron chi connectivity index (χ1n) is 21.0. The molecule has 57 heavy (non-hydrogen) atoms. The van der Waals surface area contributed by atoms with Crippen LogP contribution in [0.5, 0.6) is 23.0 Å². The molecule has 0 radical (unpaired) electrons. The summed E-state index contributed by atoms with van der Waals surface area (Å²) in [6.45, 7) is 10.6. The minimum absolute atomic E-state index is 0.344. The van der Waals surface area contributed by atoms with Gasteiger partial charge in [-0.05, 0) is 85.5 Å². The summed E-state index contributed by atoms with van der Waals surface area (Å²) >= 11 is 0. The first-order chi connectivity index (χ1) is 27.9. The van der Waals surface area contributed by atoms with E-state index in [1.807, 2.05) is 36.4 Å². The highest BCUT2D eigenvalue weighted by atomic mass is 16.7. The molecular weight excluding hydrogens is 721 g/mol. The third kappa shape index (κ3) is 21.2. The van der Waals surface area contributed by atoms with Gasteiger partial charge in [0.25, 0.3) is 0 Å². The molecule has 0 aliphatic heterocycles. The van der Waals surface area contributed by atoms with E-state index in [1.165, 1.54) is 70.3 Å². The average molecular weight is 785 g/mol. The maximum absolute atomic E-state index is 12.9. The van der Waals surface area contributed by atoms with Crippen LogP contribution < -0.4 is 18.9 Å². The zero-order valence-corrected chi connectivity index (χ0v) is 34.1. The monoisotopic (exact) mass is 784 g/mol. The molecule has 0 aliphatic carbocycles. The quantitative estimate of drug-likeness (QED) is 0.0201. The molecule has 0 spiro atoms. The van der Waals surface area contributed by atoms with Crippen molar-refractivity contribution in [1.29, 1.82) is 0 Å². The molecule has 0 saturated heterocycles. The van der Waals surface area contributed by atoms with Crippen molar-refractivity contribution < 1.29 is 42.8 Å². The number of hydrogen-bond acceptors (Lipinski definition) is 9. The molecule has 0 aliphatic rings. The van der Waals surface area contributed by atoms with Crippen LogP contribution in [0.2, 0.25) is 0 Å². The summed E-state index contributed by atoms with van der Waals surface area (Å²) in [6, 6.07) is 21.4. The lowest BCUT2D eigenvalue weighted by atomic mass is 10.1. The predicted octanol–water partition coefficient (Wildman–Crippen LogP) is 12.1. The summed E-state index contributed by atoms with van der Waals surface area (Å²) in [6.07, 6.45) is 21.8. The van der Waals surface area contributed by atoms with Crippen LogP contribution in [0, 0.1) is 0 Å². The number of ether oxygens (including phenoxy) is 6. The van der Waals surface area contributed by atoms with E-state index < -0.39 is 18.2 Å². The van der Waals surface area contributed by atoms with Gasteiger partial charge >= 0.3 is 17.9 Å². The summed E-state index contributed by atoms with van der Waals surface area (Å²) < 4.78 is 33.8. The molecule has 0 heterocycles. The van der Waals surface area contributed by atoms with E-state index in [1.54, 1.807) is 36.4 Å². The highest BCUT2D eigenvalue weighted by molar-refractivity contribution is 5.91. The Morgan fingerprint density at radius 2 is 1.04 bits per heavy atom. The number of esters is 3. The highest BCUT2D eigenvalue weighted by Crippen LogP contribution is 2.22. The molecule has 3 rings (SSSR count). The van der Waals surface area contributed by atoms with Gasteiger partial charge in [-0.15, -0.1) is 0 Å². The van der Waals surface area contributed by atoms with Crippen LogP contribution in [0.4, 0.5) is 0 Å². The van der Waals surface area contributed by atoms with Gasteiger partial charge in [0.2, 0.25) is 6.29 Å². The molecule has 3 aromatic carbocycles. The molecule has 310 valence electrons. The number of unbranched alkanes of at least 4 members (excludes halogenated alkanes) is 15. The fraction of sp³-hybridized carbons (Fsp3) is 0.479. The number of carbonyl (C=O) groups excluding carboxylic acids is 3. The molecule has 9 heteroatoms. The lowest BCUT2D eigenvalue weighted by molar-refractivity contribution is -0.158. The number of hydrogen-bond donors (Lipinski definition) is 0. The summed E-state index contributed by atoms with van der Waals surface area (Å²) in [5.41, 5.74) is 1.30. The van der Waals surface area contributed by atoms with Crippen LogP contribution in [0.1, 0.15) is 138 Å². The van der Waals surface area contributed by atoms with Crippen molar-refractivity contribution in [2.45, 2.75) is 135 Å². The maximum atomic E-state index is 12.9. The van der Waals surface area contributed by atoms with Gasteiger partial charge in [-0.3, -0.25) is 0 Å². The molecule has 1 atom stereocenters. The molecule has 0 saturated carbocycles. The summed E-state index contributed by atoms with van der Waals surface area (Å²) in [7, 11) is 0. The van der Waals surface area contributed by atoms with E-state index in [0.717, 1.165) is 68.1 Å².